The third-order valence-electron chi connectivity index (χ3n) is 5.71. The van der Waals surface area contributed by atoms with Crippen molar-refractivity contribution in [2.45, 2.75) is 6.42 Å². The Balaban J connectivity index is 1.63. The molecule has 0 unspecified atom stereocenters. The predicted octanol–water partition coefficient (Wildman–Crippen LogP) is 6.70. The van der Waals surface area contributed by atoms with Crippen LogP contribution in [0.2, 0.25) is 0 Å². The normalized spacial score (nSPS) is 13.0. The largest absolute Gasteiger partial charge is 0.361 e. The van der Waals surface area contributed by atoms with Crippen LogP contribution in [0, 0.1) is 6.57 Å². The number of aliphatic imine (C=N–C) groups is 1. The van der Waals surface area contributed by atoms with Crippen LogP contribution in [0.4, 0.5) is 11.4 Å². The molecule has 0 saturated carbocycles. The van der Waals surface area contributed by atoms with Gasteiger partial charge in [0.25, 0.3) is 0 Å². The van der Waals surface area contributed by atoms with Crippen LogP contribution in [0.5, 0.6) is 0 Å². The molecule has 0 radical (unpaired) electrons. The highest BCUT2D eigenvalue weighted by Gasteiger charge is 2.23. The van der Waals surface area contributed by atoms with Crippen molar-refractivity contribution in [2.24, 2.45) is 4.99 Å². The Hall–Kier alpha value is -3.90. The lowest BCUT2D eigenvalue weighted by atomic mass is 9.93. The van der Waals surface area contributed by atoms with Gasteiger partial charge in [0, 0.05) is 29.1 Å². The Morgan fingerprint density at radius 1 is 0.821 bits per heavy atom. The van der Waals surface area contributed by atoms with Crippen LogP contribution in [-0.2, 0) is 6.42 Å². The van der Waals surface area contributed by atoms with Gasteiger partial charge in [-0.1, -0.05) is 54.6 Å². The molecule has 130 valence electrons. The monoisotopic (exact) mass is 357 g/mol. The van der Waals surface area contributed by atoms with Crippen LogP contribution in [0.1, 0.15) is 11.1 Å². The molecule has 4 aromatic carbocycles. The quantitative estimate of drug-likeness (QED) is 0.256. The van der Waals surface area contributed by atoms with Crippen molar-refractivity contribution in [3.05, 3.63) is 95.5 Å². The highest BCUT2D eigenvalue weighted by Crippen LogP contribution is 2.43. The molecule has 1 aliphatic rings. The van der Waals surface area contributed by atoms with Crippen molar-refractivity contribution in [3.63, 3.8) is 0 Å². The molecule has 1 N–H and O–H groups in total. The van der Waals surface area contributed by atoms with Crippen LogP contribution in [-0.4, -0.2) is 10.7 Å². The number of rotatable bonds is 1. The van der Waals surface area contributed by atoms with Gasteiger partial charge in [0.2, 0.25) is 0 Å². The molecule has 6 rings (SSSR count). The van der Waals surface area contributed by atoms with E-state index in [0.29, 0.717) is 5.69 Å². The first-order chi connectivity index (χ1) is 13.8. The fourth-order valence-electron chi connectivity index (χ4n) is 4.42. The number of aromatic nitrogens is 1. The topological polar surface area (TPSA) is 32.5 Å². The zero-order chi connectivity index (χ0) is 18.7. The lowest BCUT2D eigenvalue weighted by molar-refractivity contribution is 1.42. The Morgan fingerprint density at radius 3 is 2.32 bits per heavy atom. The molecule has 1 aromatic heterocycles. The van der Waals surface area contributed by atoms with E-state index in [1.54, 1.807) is 0 Å². The molecule has 0 spiro atoms. The van der Waals surface area contributed by atoms with Gasteiger partial charge < -0.3 is 4.98 Å². The van der Waals surface area contributed by atoms with Gasteiger partial charge in [-0.05, 0) is 39.2 Å². The number of hydrogen-bond acceptors (Lipinski definition) is 1. The standard InChI is InChI=1S/C25H15N3/c1-26-15-10-11-23-20(12-15)22(14-27-23)24-13-21-18-8-3-2-6-16(18)17-7-4-5-9-19(17)25(21)28-24/h2-12,14,27H,13H2. The van der Waals surface area contributed by atoms with Gasteiger partial charge in [-0.2, -0.15) is 0 Å². The summed E-state index contributed by atoms with van der Waals surface area (Å²) in [7, 11) is 0. The SMILES string of the molecule is [C-]#[N+]c1ccc2[nH]cc(C3=Nc4c(c5ccccc5c5ccccc45)C3)c2c1. The maximum Gasteiger partial charge on any atom is 0.188 e. The van der Waals surface area contributed by atoms with Gasteiger partial charge in [-0.25, -0.2) is 4.85 Å². The summed E-state index contributed by atoms with van der Waals surface area (Å²) in [6.07, 6.45) is 2.82. The minimum atomic E-state index is 0.653. The molecule has 0 aliphatic carbocycles. The van der Waals surface area contributed by atoms with Gasteiger partial charge in [0.1, 0.15) is 0 Å². The molecule has 0 amide bonds. The number of hydrogen-bond donors (Lipinski definition) is 1. The highest BCUT2D eigenvalue weighted by atomic mass is 14.8. The van der Waals surface area contributed by atoms with Crippen LogP contribution in [0.15, 0.2) is 77.9 Å². The molecule has 0 bridgehead atoms. The van der Waals surface area contributed by atoms with E-state index in [2.05, 4.69) is 58.4 Å². The summed E-state index contributed by atoms with van der Waals surface area (Å²) in [5.74, 6) is 0. The van der Waals surface area contributed by atoms with E-state index < -0.39 is 0 Å². The summed E-state index contributed by atoms with van der Waals surface area (Å²) in [5, 5.41) is 6.07. The molecule has 0 atom stereocenters. The number of H-pyrrole nitrogens is 1. The van der Waals surface area contributed by atoms with E-state index in [0.717, 1.165) is 34.3 Å². The zero-order valence-electron chi connectivity index (χ0n) is 15.0. The molecule has 5 aromatic rings. The van der Waals surface area contributed by atoms with Crippen molar-refractivity contribution >= 4 is 49.5 Å². The van der Waals surface area contributed by atoms with Gasteiger partial charge >= 0.3 is 0 Å². The second-order valence-corrected chi connectivity index (χ2v) is 7.20. The Morgan fingerprint density at radius 2 is 1.54 bits per heavy atom. The van der Waals surface area contributed by atoms with Crippen molar-refractivity contribution in [2.75, 3.05) is 0 Å². The average Bonchev–Trinajstić information content (AvgIpc) is 3.38. The summed E-state index contributed by atoms with van der Waals surface area (Å²) < 4.78 is 0. The molecule has 0 fully saturated rings. The molecule has 2 heterocycles. The molecule has 0 saturated heterocycles. The zero-order valence-corrected chi connectivity index (χ0v) is 15.0. The maximum absolute atomic E-state index is 7.32. The molecule has 28 heavy (non-hydrogen) atoms. The summed E-state index contributed by atoms with van der Waals surface area (Å²) in [5.41, 5.74) is 6.21. The van der Waals surface area contributed by atoms with Crippen molar-refractivity contribution < 1.29 is 0 Å². The number of nitrogens with one attached hydrogen (secondary N) is 1. The minimum absolute atomic E-state index is 0.653. The number of fused-ring (bicyclic) bond motifs is 7. The van der Waals surface area contributed by atoms with Crippen LogP contribution in [0.3, 0.4) is 0 Å². The first kappa shape index (κ1) is 15.2. The fraction of sp³-hybridized carbons (Fsp3) is 0.0400. The average molecular weight is 357 g/mol. The van der Waals surface area contributed by atoms with E-state index in [4.69, 9.17) is 11.6 Å². The van der Waals surface area contributed by atoms with Gasteiger partial charge in [-0.15, -0.1) is 0 Å². The van der Waals surface area contributed by atoms with Crippen LogP contribution >= 0.6 is 0 Å². The lowest BCUT2D eigenvalue weighted by Crippen LogP contribution is -1.99. The third kappa shape index (κ3) is 2.00. The van der Waals surface area contributed by atoms with E-state index >= 15 is 0 Å². The third-order valence-corrected chi connectivity index (χ3v) is 5.71. The highest BCUT2D eigenvalue weighted by molar-refractivity contribution is 6.22. The summed E-state index contributed by atoms with van der Waals surface area (Å²) in [6, 6.07) is 22.9. The van der Waals surface area contributed by atoms with Crippen molar-refractivity contribution in [1.82, 2.24) is 4.98 Å². The van der Waals surface area contributed by atoms with Crippen molar-refractivity contribution in [1.29, 1.82) is 0 Å². The molecule has 3 nitrogen and oxygen atoms in total. The predicted molar refractivity (Wildman–Crippen MR) is 116 cm³/mol. The summed E-state index contributed by atoms with van der Waals surface area (Å²) >= 11 is 0. The van der Waals surface area contributed by atoms with E-state index in [1.807, 2.05) is 24.4 Å². The maximum atomic E-state index is 7.32. The molecule has 3 heteroatoms. The molecular formula is C25H15N3. The number of benzene rings is 4. The van der Waals surface area contributed by atoms with E-state index in [-0.39, 0.29) is 0 Å². The fourth-order valence-corrected chi connectivity index (χ4v) is 4.42. The molecule has 1 aliphatic heterocycles. The van der Waals surface area contributed by atoms with E-state index in [1.165, 1.54) is 27.1 Å². The van der Waals surface area contributed by atoms with Crippen LogP contribution in [0.25, 0.3) is 37.3 Å². The minimum Gasteiger partial charge on any atom is -0.361 e. The van der Waals surface area contributed by atoms with Gasteiger partial charge in [0.05, 0.1) is 18.0 Å². The number of aromatic amines is 1. The second kappa shape index (κ2) is 5.55. The summed E-state index contributed by atoms with van der Waals surface area (Å²) in [4.78, 5) is 12.0. The molecular weight excluding hydrogens is 342 g/mol. The lowest BCUT2D eigenvalue weighted by Gasteiger charge is -2.09. The Labute approximate surface area is 161 Å². The first-order valence-electron chi connectivity index (χ1n) is 9.32. The number of nitrogens with zero attached hydrogens (tertiary/aromatic N) is 2. The van der Waals surface area contributed by atoms with Gasteiger partial charge in [-0.3, -0.25) is 4.99 Å². The van der Waals surface area contributed by atoms with Gasteiger partial charge in [0.15, 0.2) is 5.69 Å². The van der Waals surface area contributed by atoms with Crippen molar-refractivity contribution in [3.8, 4) is 0 Å². The summed E-state index contributed by atoms with van der Waals surface area (Å²) in [6.45, 7) is 7.32. The Bertz CT molecular complexity index is 1500. The van der Waals surface area contributed by atoms with E-state index in [9.17, 15) is 0 Å². The Kier molecular flexibility index (Phi) is 3.01. The smallest absolute Gasteiger partial charge is 0.188 e. The second-order valence-electron chi connectivity index (χ2n) is 7.20. The first-order valence-corrected chi connectivity index (χ1v) is 9.32. The van der Waals surface area contributed by atoms with Crippen LogP contribution < -0.4 is 0 Å².